The van der Waals surface area contributed by atoms with E-state index in [9.17, 15) is 0 Å². The molecule has 9 heavy (non-hydrogen) atoms. The fourth-order valence-corrected chi connectivity index (χ4v) is 1.35. The molecule has 1 saturated heterocycles. The summed E-state index contributed by atoms with van der Waals surface area (Å²) in [4.78, 5) is 0. The third-order valence-corrected chi connectivity index (χ3v) is 2.03. The van der Waals surface area contributed by atoms with E-state index >= 15 is 0 Å². The molecular weight excluding hydrogens is 112 g/mol. The lowest BCUT2D eigenvalue weighted by molar-refractivity contribution is 0.355. The molecule has 2 heteroatoms. The third kappa shape index (κ3) is 1.95. The summed E-state index contributed by atoms with van der Waals surface area (Å²) in [6.07, 6.45) is 3.53. The summed E-state index contributed by atoms with van der Waals surface area (Å²) in [7, 11) is 0. The molecule has 0 unspecified atom stereocenters. The Hall–Kier alpha value is -0.0800. The van der Waals surface area contributed by atoms with Gasteiger partial charge in [0.1, 0.15) is 0 Å². The molecule has 0 aromatic heterocycles. The number of hydrogen-bond acceptors (Lipinski definition) is 2. The van der Waals surface area contributed by atoms with Gasteiger partial charge in [0.2, 0.25) is 0 Å². The second-order valence-corrected chi connectivity index (χ2v) is 2.84. The lowest BCUT2D eigenvalue weighted by Gasteiger charge is -2.26. The van der Waals surface area contributed by atoms with Crippen LogP contribution in [0.1, 0.15) is 26.2 Å². The highest BCUT2D eigenvalue weighted by molar-refractivity contribution is 4.78. The minimum absolute atomic E-state index is 0.455. The van der Waals surface area contributed by atoms with Gasteiger partial charge in [0.05, 0.1) is 0 Å². The Morgan fingerprint density at radius 1 is 1.67 bits per heavy atom. The molecule has 0 saturated carbocycles. The maximum atomic E-state index is 5.76. The first-order valence-corrected chi connectivity index (χ1v) is 3.82. The van der Waals surface area contributed by atoms with E-state index in [0.29, 0.717) is 12.1 Å². The fraction of sp³-hybridized carbons (Fsp3) is 1.00. The third-order valence-electron chi connectivity index (χ3n) is 2.03. The summed E-state index contributed by atoms with van der Waals surface area (Å²) in [5.41, 5.74) is 5.76. The highest BCUT2D eigenvalue weighted by Gasteiger charge is 2.15. The standard InChI is InChI=1S/C7H16N2/c1-2-7-5-6(8)3-4-9-7/h6-7,9H,2-5,8H2,1H3/t6-,7-/m1/s1. The van der Waals surface area contributed by atoms with Gasteiger partial charge in [-0.1, -0.05) is 6.92 Å². The molecule has 1 aliphatic rings. The molecule has 2 atom stereocenters. The highest BCUT2D eigenvalue weighted by atomic mass is 14.9. The van der Waals surface area contributed by atoms with Gasteiger partial charge in [-0.15, -0.1) is 0 Å². The normalized spacial score (nSPS) is 36.7. The molecule has 0 radical (unpaired) electrons. The van der Waals surface area contributed by atoms with Gasteiger partial charge in [0, 0.05) is 12.1 Å². The first kappa shape index (κ1) is 7.03. The summed E-state index contributed by atoms with van der Waals surface area (Å²) >= 11 is 0. The molecule has 0 aromatic carbocycles. The van der Waals surface area contributed by atoms with Crippen molar-refractivity contribution in [2.75, 3.05) is 6.54 Å². The van der Waals surface area contributed by atoms with Gasteiger partial charge >= 0.3 is 0 Å². The van der Waals surface area contributed by atoms with Crippen molar-refractivity contribution < 1.29 is 0 Å². The van der Waals surface area contributed by atoms with Crippen LogP contribution in [0.3, 0.4) is 0 Å². The number of rotatable bonds is 1. The molecule has 0 amide bonds. The maximum Gasteiger partial charge on any atom is 0.00791 e. The van der Waals surface area contributed by atoms with Crippen molar-refractivity contribution >= 4 is 0 Å². The van der Waals surface area contributed by atoms with E-state index in [1.165, 1.54) is 6.42 Å². The van der Waals surface area contributed by atoms with Crippen LogP contribution < -0.4 is 11.1 Å². The predicted molar refractivity (Wildman–Crippen MR) is 39.3 cm³/mol. The van der Waals surface area contributed by atoms with Crippen LogP contribution in [-0.2, 0) is 0 Å². The monoisotopic (exact) mass is 128 g/mol. The van der Waals surface area contributed by atoms with Gasteiger partial charge in [-0.25, -0.2) is 0 Å². The summed E-state index contributed by atoms with van der Waals surface area (Å²) in [5.74, 6) is 0. The van der Waals surface area contributed by atoms with Crippen LogP contribution in [0.25, 0.3) is 0 Å². The van der Waals surface area contributed by atoms with Gasteiger partial charge in [-0.2, -0.15) is 0 Å². The first-order valence-electron chi connectivity index (χ1n) is 3.82. The average Bonchev–Trinajstić information content (AvgIpc) is 1.88. The van der Waals surface area contributed by atoms with Gasteiger partial charge in [0.25, 0.3) is 0 Å². The zero-order chi connectivity index (χ0) is 6.69. The van der Waals surface area contributed by atoms with E-state index in [4.69, 9.17) is 5.73 Å². The zero-order valence-corrected chi connectivity index (χ0v) is 6.06. The quantitative estimate of drug-likeness (QED) is 0.539. The molecule has 54 valence electrons. The summed E-state index contributed by atoms with van der Waals surface area (Å²) in [6, 6.07) is 1.14. The fourth-order valence-electron chi connectivity index (χ4n) is 1.35. The van der Waals surface area contributed by atoms with Gasteiger partial charge in [-0.05, 0) is 25.8 Å². The molecule has 1 aliphatic heterocycles. The van der Waals surface area contributed by atoms with Crippen LogP contribution in [-0.4, -0.2) is 18.6 Å². The number of nitrogens with two attached hydrogens (primary N) is 1. The topological polar surface area (TPSA) is 38.0 Å². The Morgan fingerprint density at radius 3 is 2.89 bits per heavy atom. The number of nitrogens with one attached hydrogen (secondary N) is 1. The molecule has 0 spiro atoms. The van der Waals surface area contributed by atoms with Crippen LogP contribution in [0.4, 0.5) is 0 Å². The van der Waals surface area contributed by atoms with Crippen molar-refractivity contribution in [2.45, 2.75) is 38.3 Å². The van der Waals surface area contributed by atoms with E-state index in [-0.39, 0.29) is 0 Å². The molecule has 1 fully saturated rings. The summed E-state index contributed by atoms with van der Waals surface area (Å²) < 4.78 is 0. The zero-order valence-electron chi connectivity index (χ0n) is 6.06. The summed E-state index contributed by atoms with van der Waals surface area (Å²) in [5, 5.41) is 3.42. The number of hydrogen-bond donors (Lipinski definition) is 2. The van der Waals surface area contributed by atoms with Gasteiger partial charge in [-0.3, -0.25) is 0 Å². The van der Waals surface area contributed by atoms with E-state index < -0.39 is 0 Å². The molecule has 0 aromatic rings. The SMILES string of the molecule is CC[C@@H]1C[C@H](N)CCN1. The van der Waals surface area contributed by atoms with Crippen molar-refractivity contribution in [2.24, 2.45) is 5.73 Å². The van der Waals surface area contributed by atoms with E-state index in [2.05, 4.69) is 12.2 Å². The van der Waals surface area contributed by atoms with Crippen LogP contribution in [0.2, 0.25) is 0 Å². The lowest BCUT2D eigenvalue weighted by atomic mass is 9.99. The smallest absolute Gasteiger partial charge is 0.00791 e. The maximum absolute atomic E-state index is 5.76. The first-order chi connectivity index (χ1) is 4.33. The van der Waals surface area contributed by atoms with Crippen LogP contribution in [0.15, 0.2) is 0 Å². The average molecular weight is 128 g/mol. The molecule has 0 bridgehead atoms. The van der Waals surface area contributed by atoms with E-state index in [1.54, 1.807) is 0 Å². The molecule has 2 nitrogen and oxygen atoms in total. The highest BCUT2D eigenvalue weighted by Crippen LogP contribution is 2.07. The van der Waals surface area contributed by atoms with Gasteiger partial charge in [0.15, 0.2) is 0 Å². The van der Waals surface area contributed by atoms with Crippen molar-refractivity contribution in [1.82, 2.24) is 5.32 Å². The van der Waals surface area contributed by atoms with Gasteiger partial charge < -0.3 is 11.1 Å². The van der Waals surface area contributed by atoms with Crippen LogP contribution in [0, 0.1) is 0 Å². The minimum Gasteiger partial charge on any atom is -0.328 e. The Bertz CT molecular complexity index is 83.0. The minimum atomic E-state index is 0.455. The van der Waals surface area contributed by atoms with Crippen molar-refractivity contribution in [3.8, 4) is 0 Å². The van der Waals surface area contributed by atoms with Crippen LogP contribution in [0.5, 0.6) is 0 Å². The predicted octanol–water partition coefficient (Wildman–Crippen LogP) is 0.476. The molecule has 1 heterocycles. The summed E-state index contributed by atoms with van der Waals surface area (Å²) in [6.45, 7) is 3.31. The van der Waals surface area contributed by atoms with E-state index in [0.717, 1.165) is 19.4 Å². The number of piperidine rings is 1. The Morgan fingerprint density at radius 2 is 2.44 bits per heavy atom. The second kappa shape index (κ2) is 3.18. The molecular formula is C7H16N2. The molecule has 3 N–H and O–H groups in total. The lowest BCUT2D eigenvalue weighted by Crippen LogP contribution is -2.43. The second-order valence-electron chi connectivity index (χ2n) is 2.84. The van der Waals surface area contributed by atoms with Crippen molar-refractivity contribution in [3.05, 3.63) is 0 Å². The molecule has 1 rings (SSSR count). The van der Waals surface area contributed by atoms with Crippen LogP contribution >= 0.6 is 0 Å². The van der Waals surface area contributed by atoms with E-state index in [1.807, 2.05) is 0 Å². The van der Waals surface area contributed by atoms with Crippen molar-refractivity contribution in [1.29, 1.82) is 0 Å². The molecule has 0 aliphatic carbocycles. The Kier molecular flexibility index (Phi) is 2.49. The Labute approximate surface area is 56.8 Å². The van der Waals surface area contributed by atoms with Crippen molar-refractivity contribution in [3.63, 3.8) is 0 Å². The Balaban J connectivity index is 2.23. The largest absolute Gasteiger partial charge is 0.328 e.